The quantitative estimate of drug-likeness (QED) is 0.206. The van der Waals surface area contributed by atoms with Crippen molar-refractivity contribution in [1.82, 2.24) is 0 Å². The molecule has 0 aliphatic carbocycles. The largest absolute Gasteiger partial charge is 2.00 e. The third-order valence-corrected chi connectivity index (χ3v) is 0.574. The zero-order valence-electron chi connectivity index (χ0n) is 7.29. The van der Waals surface area contributed by atoms with Crippen molar-refractivity contribution >= 4 is 23.9 Å². The van der Waals surface area contributed by atoms with Gasteiger partial charge in [0, 0.05) is 0 Å². The number of nitrogens with zero attached hydrogens (tertiary/aromatic N) is 2. The van der Waals surface area contributed by atoms with Gasteiger partial charge in [-0.2, -0.15) is 0 Å². The summed E-state index contributed by atoms with van der Waals surface area (Å²) in [7, 11) is 0. The summed E-state index contributed by atoms with van der Waals surface area (Å²) in [5, 5.41) is 21.7. The molecule has 0 atom stereocenters. The molecule has 12 nitrogen and oxygen atoms in total. The summed E-state index contributed by atoms with van der Waals surface area (Å²) in [6.07, 6.45) is 0. The number of rotatable bonds is 2. The van der Waals surface area contributed by atoms with Crippen molar-refractivity contribution in [2.75, 3.05) is 0 Å². The van der Waals surface area contributed by atoms with Crippen LogP contribution in [-0.4, -0.2) is 23.9 Å². The van der Waals surface area contributed by atoms with Crippen LogP contribution in [0.3, 0.4) is 0 Å². The van der Waals surface area contributed by atoms with Gasteiger partial charge in [0.15, 0.2) is 22.6 Å². The van der Waals surface area contributed by atoms with Gasteiger partial charge in [-0.25, -0.2) is 9.59 Å². The summed E-state index contributed by atoms with van der Waals surface area (Å²) < 4.78 is 0. The molecule has 0 fully saturated rings. The first-order chi connectivity index (χ1) is 7.36. The summed E-state index contributed by atoms with van der Waals surface area (Å²) in [6.45, 7) is 0. The number of carbonyl (C=O) groups excluding carboxylic acids is 4. The standard InChI is InChI=1S/2C2HNO5.Pd/c2*4-1(5)2(6)8-3-7;/h2*(H,4,5);/q;;+2/p-2. The SMILES string of the molecule is O=NOC(=O)C(=O)[O-].O=NOC(=O)C(=O)[O-].[Pd+2]. The molecule has 0 N–H and O–H groups in total. The molecule has 0 aromatic carbocycles. The second kappa shape index (κ2) is 11.8. The molecule has 0 aliphatic heterocycles. The van der Waals surface area contributed by atoms with Crippen LogP contribution < -0.4 is 10.2 Å². The van der Waals surface area contributed by atoms with Crippen molar-refractivity contribution in [2.24, 2.45) is 10.7 Å². The van der Waals surface area contributed by atoms with Crippen LogP contribution >= 0.6 is 0 Å². The topological polar surface area (TPSA) is 192 Å². The second-order valence-electron chi connectivity index (χ2n) is 1.48. The van der Waals surface area contributed by atoms with Crippen LogP contribution in [-0.2, 0) is 49.3 Å². The van der Waals surface area contributed by atoms with Crippen molar-refractivity contribution in [1.29, 1.82) is 0 Å². The van der Waals surface area contributed by atoms with E-state index < -0.39 is 23.9 Å². The normalized spacial score (nSPS) is 7.06. The Labute approximate surface area is 104 Å². The molecule has 0 aromatic heterocycles. The van der Waals surface area contributed by atoms with E-state index in [9.17, 15) is 29.4 Å². The molecule has 0 unspecified atom stereocenters. The fourth-order valence-corrected chi connectivity index (χ4v) is 0.142. The molecule has 0 spiro atoms. The predicted molar refractivity (Wildman–Crippen MR) is 33.8 cm³/mol. The fraction of sp³-hybridized carbons (Fsp3) is 0. The average Bonchev–Trinajstić information content (AvgIpc) is 2.19. The first-order valence-electron chi connectivity index (χ1n) is 2.86. The van der Waals surface area contributed by atoms with Crippen LogP contribution in [0.2, 0.25) is 0 Å². The van der Waals surface area contributed by atoms with Gasteiger partial charge in [-0.3, -0.25) is 9.68 Å². The van der Waals surface area contributed by atoms with Gasteiger partial charge in [-0.05, 0) is 0 Å². The molecule has 13 heteroatoms. The number of hydrogen-bond acceptors (Lipinski definition) is 12. The van der Waals surface area contributed by atoms with E-state index in [-0.39, 0.29) is 20.4 Å². The second-order valence-corrected chi connectivity index (χ2v) is 1.48. The average molecular weight is 342 g/mol. The molecule has 0 saturated carbocycles. The molecule has 0 aromatic rings. The summed E-state index contributed by atoms with van der Waals surface area (Å²) in [5.74, 6) is -7.77. The number of carbonyl (C=O) groups is 4. The van der Waals surface area contributed by atoms with E-state index in [4.69, 9.17) is 9.81 Å². The summed E-state index contributed by atoms with van der Waals surface area (Å²) >= 11 is 0. The molecule has 17 heavy (non-hydrogen) atoms. The summed E-state index contributed by atoms with van der Waals surface area (Å²) in [4.78, 5) is 61.8. The Hall–Kier alpha value is -2.26. The van der Waals surface area contributed by atoms with E-state index in [1.807, 2.05) is 0 Å². The maximum absolute atomic E-state index is 9.56. The van der Waals surface area contributed by atoms with E-state index in [0.717, 1.165) is 0 Å². The van der Waals surface area contributed by atoms with Gasteiger partial charge in [-0.15, -0.1) is 9.81 Å². The van der Waals surface area contributed by atoms with Gasteiger partial charge in [0.1, 0.15) is 0 Å². The first kappa shape index (κ1) is 20.2. The Bertz CT molecular complexity index is 294. The minimum atomic E-state index is -2.09. The first-order valence-corrected chi connectivity index (χ1v) is 2.86. The molecule has 96 valence electrons. The fourth-order valence-electron chi connectivity index (χ4n) is 0.142. The van der Waals surface area contributed by atoms with E-state index in [2.05, 4.69) is 9.68 Å². The van der Waals surface area contributed by atoms with Crippen molar-refractivity contribution in [3.63, 3.8) is 0 Å². The monoisotopic (exact) mass is 342 g/mol. The smallest absolute Gasteiger partial charge is 0.539 e. The molecule has 0 rings (SSSR count). The molecule has 0 saturated heterocycles. The van der Waals surface area contributed by atoms with Crippen LogP contribution in [0.1, 0.15) is 0 Å². The number of carboxylic acid groups (broad SMARTS) is 2. The van der Waals surface area contributed by atoms with Gasteiger partial charge < -0.3 is 19.8 Å². The number of carboxylic acids is 2. The van der Waals surface area contributed by atoms with Crippen LogP contribution in [0, 0.1) is 9.81 Å². The van der Waals surface area contributed by atoms with Crippen molar-refractivity contribution in [3.8, 4) is 0 Å². The maximum Gasteiger partial charge on any atom is 2.00 e. The van der Waals surface area contributed by atoms with Gasteiger partial charge >= 0.3 is 32.4 Å². The van der Waals surface area contributed by atoms with Crippen molar-refractivity contribution < 1.29 is 59.5 Å². The molecule has 0 radical (unpaired) electrons. The van der Waals surface area contributed by atoms with Gasteiger partial charge in [0.2, 0.25) is 0 Å². The number of hydrogen-bond donors (Lipinski definition) is 0. The molecule has 0 aliphatic rings. The summed E-state index contributed by atoms with van der Waals surface area (Å²) in [6, 6.07) is 0. The van der Waals surface area contributed by atoms with E-state index >= 15 is 0 Å². The third kappa shape index (κ3) is 13.7. The van der Waals surface area contributed by atoms with E-state index in [1.165, 1.54) is 10.7 Å². The third-order valence-electron chi connectivity index (χ3n) is 0.574. The van der Waals surface area contributed by atoms with E-state index in [1.54, 1.807) is 0 Å². The van der Waals surface area contributed by atoms with E-state index in [0.29, 0.717) is 0 Å². The Morgan fingerprint density at radius 2 is 1.00 bits per heavy atom. The Morgan fingerprint density at radius 3 is 1.06 bits per heavy atom. The molecule has 0 heterocycles. The predicted octanol–water partition coefficient (Wildman–Crippen LogP) is -4.08. The molecular formula is C4N2O10Pd. The Morgan fingerprint density at radius 1 is 0.765 bits per heavy atom. The number of aliphatic carboxylic acids is 2. The van der Waals surface area contributed by atoms with Gasteiger partial charge in [0.05, 0.1) is 0 Å². The van der Waals surface area contributed by atoms with Gasteiger partial charge in [0.25, 0.3) is 0 Å². The van der Waals surface area contributed by atoms with Gasteiger partial charge in [-0.1, -0.05) is 0 Å². The summed E-state index contributed by atoms with van der Waals surface area (Å²) in [5.41, 5.74) is 0. The Kier molecular flexibility index (Phi) is 14.0. The minimum Gasteiger partial charge on any atom is -0.539 e. The van der Waals surface area contributed by atoms with Crippen LogP contribution in [0.5, 0.6) is 0 Å². The van der Waals surface area contributed by atoms with Crippen LogP contribution in [0.15, 0.2) is 10.7 Å². The molecule has 0 amide bonds. The van der Waals surface area contributed by atoms with Crippen molar-refractivity contribution in [3.05, 3.63) is 9.81 Å². The van der Waals surface area contributed by atoms with Crippen molar-refractivity contribution in [2.45, 2.75) is 0 Å². The molecule has 0 bridgehead atoms. The molecular weight excluding hydrogens is 342 g/mol. The zero-order chi connectivity index (χ0) is 13.1. The zero-order valence-corrected chi connectivity index (χ0v) is 8.85. The Balaban J connectivity index is -0.000000218. The minimum absolute atomic E-state index is 0. The maximum atomic E-state index is 9.56. The van der Waals surface area contributed by atoms with Crippen LogP contribution in [0.4, 0.5) is 0 Å². The van der Waals surface area contributed by atoms with Crippen LogP contribution in [0.25, 0.3) is 0 Å².